The molecule has 138 valence electrons. The van der Waals surface area contributed by atoms with E-state index in [2.05, 4.69) is 10.6 Å². The summed E-state index contributed by atoms with van der Waals surface area (Å²) in [6.45, 7) is 9.04. The van der Waals surface area contributed by atoms with E-state index < -0.39 is 0 Å². The summed E-state index contributed by atoms with van der Waals surface area (Å²) >= 11 is 0. The van der Waals surface area contributed by atoms with E-state index in [1.807, 2.05) is 27.7 Å². The highest BCUT2D eigenvalue weighted by atomic mass is 19.1. The van der Waals surface area contributed by atoms with Gasteiger partial charge in [0.25, 0.3) is 5.91 Å². The van der Waals surface area contributed by atoms with Crippen molar-refractivity contribution in [2.45, 2.75) is 52.1 Å². The third kappa shape index (κ3) is 5.73. The van der Waals surface area contributed by atoms with Crippen LogP contribution in [0, 0.1) is 11.7 Å². The lowest BCUT2D eigenvalue weighted by molar-refractivity contribution is 0.0654. The van der Waals surface area contributed by atoms with Gasteiger partial charge in [-0.15, -0.1) is 0 Å². The van der Waals surface area contributed by atoms with E-state index in [9.17, 15) is 14.0 Å². The minimum atomic E-state index is -0.351. The second-order valence-electron chi connectivity index (χ2n) is 7.80. The van der Waals surface area contributed by atoms with Crippen LogP contribution < -0.4 is 10.6 Å². The van der Waals surface area contributed by atoms with Gasteiger partial charge in [0.2, 0.25) is 0 Å². The van der Waals surface area contributed by atoms with Gasteiger partial charge in [-0.2, -0.15) is 0 Å². The van der Waals surface area contributed by atoms with E-state index in [1.165, 1.54) is 24.3 Å². The average molecular weight is 349 g/mol. The fourth-order valence-corrected chi connectivity index (χ4v) is 3.08. The highest BCUT2D eigenvalue weighted by Crippen LogP contribution is 2.21. The maximum absolute atomic E-state index is 13.0. The van der Waals surface area contributed by atoms with E-state index in [0.29, 0.717) is 18.7 Å². The molecule has 3 amide bonds. The van der Waals surface area contributed by atoms with E-state index >= 15 is 0 Å². The maximum atomic E-state index is 13.0. The van der Waals surface area contributed by atoms with E-state index in [-0.39, 0.29) is 35.3 Å². The number of likely N-dealkylation sites (tertiary alicyclic amines) is 1. The lowest BCUT2D eigenvalue weighted by Gasteiger charge is -2.36. The third-order valence-electron chi connectivity index (χ3n) is 4.39. The first-order valence-electron chi connectivity index (χ1n) is 8.79. The second-order valence-corrected chi connectivity index (χ2v) is 7.80. The van der Waals surface area contributed by atoms with Crippen molar-refractivity contribution in [2.75, 3.05) is 13.1 Å². The topological polar surface area (TPSA) is 61.4 Å². The molecule has 25 heavy (non-hydrogen) atoms. The largest absolute Gasteiger partial charge is 0.338 e. The average Bonchev–Trinajstić information content (AvgIpc) is 2.53. The van der Waals surface area contributed by atoms with Crippen molar-refractivity contribution in [3.8, 4) is 0 Å². The molecule has 2 N–H and O–H groups in total. The van der Waals surface area contributed by atoms with Crippen LogP contribution in [-0.4, -0.2) is 41.5 Å². The molecule has 2 rings (SSSR count). The van der Waals surface area contributed by atoms with Crippen LogP contribution >= 0.6 is 0 Å². The van der Waals surface area contributed by atoms with Crippen LogP contribution in [0.15, 0.2) is 24.3 Å². The summed E-state index contributed by atoms with van der Waals surface area (Å²) in [5.74, 6) is -0.240. The van der Waals surface area contributed by atoms with Gasteiger partial charge in [0, 0.05) is 30.2 Å². The van der Waals surface area contributed by atoms with Crippen molar-refractivity contribution in [1.82, 2.24) is 15.5 Å². The number of amides is 3. The summed E-state index contributed by atoms with van der Waals surface area (Å²) in [7, 11) is 0. The second kappa shape index (κ2) is 7.85. The van der Waals surface area contributed by atoms with Crippen molar-refractivity contribution in [3.63, 3.8) is 0 Å². The quantitative estimate of drug-likeness (QED) is 0.880. The standard InChI is InChI=1S/C19H28FN3O2/c1-13(21-18(25)22-19(2,3)4)15-6-5-11-23(12-15)17(24)14-7-9-16(20)10-8-14/h7-10,13,15H,5-6,11-12H2,1-4H3,(H2,21,22,25)/t13-,15-/m0/s1. The number of piperidine rings is 1. The molecule has 0 unspecified atom stereocenters. The molecule has 5 nitrogen and oxygen atoms in total. The van der Waals surface area contributed by atoms with E-state index in [4.69, 9.17) is 0 Å². The van der Waals surface area contributed by atoms with Crippen LogP contribution in [0.2, 0.25) is 0 Å². The Balaban J connectivity index is 1.94. The first kappa shape index (κ1) is 19.2. The summed E-state index contributed by atoms with van der Waals surface area (Å²) in [5.41, 5.74) is 0.203. The number of nitrogens with one attached hydrogen (secondary N) is 2. The molecule has 1 aliphatic heterocycles. The zero-order chi connectivity index (χ0) is 18.6. The van der Waals surface area contributed by atoms with Crippen molar-refractivity contribution in [1.29, 1.82) is 0 Å². The van der Waals surface area contributed by atoms with Gasteiger partial charge in [0.05, 0.1) is 0 Å². The van der Waals surface area contributed by atoms with Gasteiger partial charge in [0.15, 0.2) is 0 Å². The number of carbonyl (C=O) groups is 2. The number of urea groups is 1. The van der Waals surface area contributed by atoms with Gasteiger partial charge in [-0.05, 0) is 70.7 Å². The van der Waals surface area contributed by atoms with Gasteiger partial charge in [-0.3, -0.25) is 4.79 Å². The number of halogens is 1. The Kier molecular flexibility index (Phi) is 6.03. The highest BCUT2D eigenvalue weighted by molar-refractivity contribution is 5.94. The van der Waals surface area contributed by atoms with Crippen molar-refractivity contribution >= 4 is 11.9 Å². The molecule has 0 spiro atoms. The number of nitrogens with zero attached hydrogens (tertiary/aromatic N) is 1. The third-order valence-corrected chi connectivity index (χ3v) is 4.39. The van der Waals surface area contributed by atoms with Crippen LogP contribution in [-0.2, 0) is 0 Å². The molecule has 1 aromatic rings. The SMILES string of the molecule is C[C@H](NC(=O)NC(C)(C)C)[C@H]1CCCN(C(=O)c2ccc(F)cc2)C1. The first-order valence-corrected chi connectivity index (χ1v) is 8.79. The molecular weight excluding hydrogens is 321 g/mol. The van der Waals surface area contributed by atoms with Crippen molar-refractivity contribution in [2.24, 2.45) is 5.92 Å². The summed E-state index contributed by atoms with van der Waals surface area (Å²) in [5, 5.41) is 5.86. The minimum absolute atomic E-state index is 0.0360. The molecule has 1 aliphatic rings. The molecule has 6 heteroatoms. The zero-order valence-electron chi connectivity index (χ0n) is 15.4. The Labute approximate surface area is 149 Å². The Hall–Kier alpha value is -2.11. The van der Waals surface area contributed by atoms with Crippen LogP contribution in [0.4, 0.5) is 9.18 Å². The zero-order valence-corrected chi connectivity index (χ0v) is 15.4. The minimum Gasteiger partial charge on any atom is -0.338 e. The van der Waals surface area contributed by atoms with Crippen LogP contribution in [0.1, 0.15) is 50.9 Å². The van der Waals surface area contributed by atoms with Crippen LogP contribution in [0.3, 0.4) is 0 Å². The molecule has 1 heterocycles. The summed E-state index contributed by atoms with van der Waals surface area (Å²) in [6.07, 6.45) is 1.86. The molecule has 1 aromatic carbocycles. The predicted molar refractivity (Wildman–Crippen MR) is 95.9 cm³/mol. The molecule has 0 aromatic heterocycles. The lowest BCUT2D eigenvalue weighted by atomic mass is 9.91. The van der Waals surface area contributed by atoms with Crippen molar-refractivity contribution < 1.29 is 14.0 Å². The predicted octanol–water partition coefficient (Wildman–Crippen LogP) is 3.16. The van der Waals surface area contributed by atoms with Crippen LogP contribution in [0.5, 0.6) is 0 Å². The van der Waals surface area contributed by atoms with Gasteiger partial charge in [0.1, 0.15) is 5.82 Å². The molecule has 0 bridgehead atoms. The molecule has 1 saturated heterocycles. The number of benzene rings is 1. The Morgan fingerprint density at radius 3 is 2.48 bits per heavy atom. The number of carbonyl (C=O) groups excluding carboxylic acids is 2. The molecule has 1 fully saturated rings. The van der Waals surface area contributed by atoms with E-state index in [1.54, 1.807) is 4.90 Å². The van der Waals surface area contributed by atoms with Gasteiger partial charge in [-0.25, -0.2) is 9.18 Å². The smallest absolute Gasteiger partial charge is 0.315 e. The molecule has 0 saturated carbocycles. The first-order chi connectivity index (χ1) is 11.7. The molecule has 2 atom stereocenters. The number of hydrogen-bond donors (Lipinski definition) is 2. The molecule has 0 radical (unpaired) electrons. The maximum Gasteiger partial charge on any atom is 0.315 e. The Morgan fingerprint density at radius 2 is 1.88 bits per heavy atom. The summed E-state index contributed by atoms with van der Waals surface area (Å²) in [6, 6.07) is 5.40. The van der Waals surface area contributed by atoms with Gasteiger partial charge in [-0.1, -0.05) is 0 Å². The van der Waals surface area contributed by atoms with Crippen LogP contribution in [0.25, 0.3) is 0 Å². The fraction of sp³-hybridized carbons (Fsp3) is 0.579. The molecular formula is C19H28FN3O2. The molecule has 0 aliphatic carbocycles. The van der Waals surface area contributed by atoms with Gasteiger partial charge >= 0.3 is 6.03 Å². The van der Waals surface area contributed by atoms with Crippen molar-refractivity contribution in [3.05, 3.63) is 35.6 Å². The normalized spacial score (nSPS) is 19.2. The number of rotatable bonds is 3. The monoisotopic (exact) mass is 349 g/mol. The Bertz CT molecular complexity index is 610. The fourth-order valence-electron chi connectivity index (χ4n) is 3.08. The highest BCUT2D eigenvalue weighted by Gasteiger charge is 2.29. The Morgan fingerprint density at radius 1 is 1.24 bits per heavy atom. The van der Waals surface area contributed by atoms with E-state index in [0.717, 1.165) is 12.8 Å². The summed E-state index contributed by atoms with van der Waals surface area (Å²) in [4.78, 5) is 26.4. The summed E-state index contributed by atoms with van der Waals surface area (Å²) < 4.78 is 13.0. The lowest BCUT2D eigenvalue weighted by Crippen LogP contribution is -2.53. The van der Waals surface area contributed by atoms with Gasteiger partial charge < -0.3 is 15.5 Å². The number of hydrogen-bond acceptors (Lipinski definition) is 2.